The fourth-order valence-electron chi connectivity index (χ4n) is 2.94. The number of carbonyl (C=O) groups excluding carboxylic acids is 1. The third-order valence-corrected chi connectivity index (χ3v) is 4.43. The molecule has 28 heavy (non-hydrogen) atoms. The van der Waals surface area contributed by atoms with E-state index in [4.69, 9.17) is 0 Å². The van der Waals surface area contributed by atoms with Crippen molar-refractivity contribution in [3.8, 4) is 11.5 Å². The molecule has 2 aromatic rings. The van der Waals surface area contributed by atoms with Gasteiger partial charge in [0.1, 0.15) is 11.5 Å². The number of amides is 1. The molecule has 0 spiro atoms. The summed E-state index contributed by atoms with van der Waals surface area (Å²) >= 11 is 0. The van der Waals surface area contributed by atoms with Crippen LogP contribution in [-0.2, 0) is 22.0 Å². The standard InChI is InChI=1S/C23H30N2O3/c1-22(2,3)18-11-16(12-19(21(18)28)23(4,5)6)14-24-25-20(27)13-15-8-7-9-17(26)10-15/h7-12,14,26,28H,13H2,1-6H3,(H,25,27). The van der Waals surface area contributed by atoms with E-state index in [1.807, 2.05) is 53.7 Å². The van der Waals surface area contributed by atoms with Crippen molar-refractivity contribution in [2.24, 2.45) is 5.10 Å². The Labute approximate surface area is 167 Å². The maximum atomic E-state index is 12.1. The number of phenolic OH excluding ortho intramolecular Hbond substituents is 2. The van der Waals surface area contributed by atoms with E-state index >= 15 is 0 Å². The van der Waals surface area contributed by atoms with Gasteiger partial charge in [-0.3, -0.25) is 4.79 Å². The molecular weight excluding hydrogens is 352 g/mol. The fraction of sp³-hybridized carbons (Fsp3) is 0.391. The van der Waals surface area contributed by atoms with Gasteiger partial charge in [0.2, 0.25) is 5.91 Å². The fourth-order valence-corrected chi connectivity index (χ4v) is 2.94. The summed E-state index contributed by atoms with van der Waals surface area (Å²) < 4.78 is 0. The SMILES string of the molecule is CC(C)(C)c1cc(C=NNC(=O)Cc2cccc(O)c2)cc(C(C)(C)C)c1O. The first-order chi connectivity index (χ1) is 12.9. The number of nitrogens with one attached hydrogen (secondary N) is 1. The molecule has 3 N–H and O–H groups in total. The zero-order valence-electron chi connectivity index (χ0n) is 17.5. The maximum Gasteiger partial charge on any atom is 0.244 e. The molecule has 1 amide bonds. The Morgan fingerprint density at radius 2 is 1.57 bits per heavy atom. The molecule has 0 fully saturated rings. The topological polar surface area (TPSA) is 81.9 Å². The van der Waals surface area contributed by atoms with E-state index in [0.717, 1.165) is 16.7 Å². The van der Waals surface area contributed by atoms with Gasteiger partial charge >= 0.3 is 0 Å². The third-order valence-electron chi connectivity index (χ3n) is 4.43. The first kappa shape index (κ1) is 21.5. The zero-order chi connectivity index (χ0) is 21.1. The van der Waals surface area contributed by atoms with Crippen molar-refractivity contribution in [1.29, 1.82) is 0 Å². The van der Waals surface area contributed by atoms with Crippen LogP contribution in [0.4, 0.5) is 0 Å². The second-order valence-electron chi connectivity index (χ2n) is 9.10. The first-order valence-electron chi connectivity index (χ1n) is 9.35. The summed E-state index contributed by atoms with van der Waals surface area (Å²) in [4.78, 5) is 12.1. The summed E-state index contributed by atoms with van der Waals surface area (Å²) in [5.41, 5.74) is 5.26. The molecule has 0 unspecified atom stereocenters. The highest BCUT2D eigenvalue weighted by molar-refractivity contribution is 5.84. The largest absolute Gasteiger partial charge is 0.508 e. The number of benzene rings is 2. The predicted octanol–water partition coefficient (Wildman–Crippen LogP) is 4.39. The summed E-state index contributed by atoms with van der Waals surface area (Å²) in [6.07, 6.45) is 1.71. The minimum absolute atomic E-state index is 0.127. The highest BCUT2D eigenvalue weighted by Crippen LogP contribution is 2.39. The number of carbonyl (C=O) groups is 1. The van der Waals surface area contributed by atoms with Crippen LogP contribution in [0.5, 0.6) is 11.5 Å². The van der Waals surface area contributed by atoms with Crippen molar-refractivity contribution in [2.75, 3.05) is 0 Å². The van der Waals surface area contributed by atoms with E-state index in [1.165, 1.54) is 0 Å². The lowest BCUT2D eigenvalue weighted by atomic mass is 9.78. The number of hydrogen-bond acceptors (Lipinski definition) is 4. The Morgan fingerprint density at radius 1 is 1.00 bits per heavy atom. The predicted molar refractivity (Wildman–Crippen MR) is 113 cm³/mol. The van der Waals surface area contributed by atoms with Crippen LogP contribution < -0.4 is 5.43 Å². The van der Waals surface area contributed by atoms with Gasteiger partial charge in [0.15, 0.2) is 0 Å². The minimum Gasteiger partial charge on any atom is -0.508 e. The molecule has 5 heteroatoms. The number of hydrogen-bond donors (Lipinski definition) is 3. The molecular formula is C23H30N2O3. The van der Waals surface area contributed by atoms with E-state index in [-0.39, 0.29) is 28.9 Å². The molecule has 0 saturated heterocycles. The molecule has 0 aliphatic carbocycles. The summed E-state index contributed by atoms with van der Waals surface area (Å²) in [5, 5.41) is 24.3. The number of rotatable bonds is 4. The van der Waals surface area contributed by atoms with E-state index in [9.17, 15) is 15.0 Å². The second kappa shape index (κ2) is 8.05. The van der Waals surface area contributed by atoms with E-state index in [1.54, 1.807) is 30.5 Å². The van der Waals surface area contributed by atoms with Crippen LogP contribution in [0, 0.1) is 0 Å². The van der Waals surface area contributed by atoms with E-state index in [0.29, 0.717) is 11.3 Å². The summed E-state index contributed by atoms with van der Waals surface area (Å²) in [6.45, 7) is 12.3. The van der Waals surface area contributed by atoms with Gasteiger partial charge in [-0.1, -0.05) is 53.7 Å². The van der Waals surface area contributed by atoms with Crippen LogP contribution in [0.3, 0.4) is 0 Å². The normalized spacial score (nSPS) is 12.4. The molecule has 150 valence electrons. The second-order valence-corrected chi connectivity index (χ2v) is 9.10. The zero-order valence-corrected chi connectivity index (χ0v) is 17.5. The molecule has 5 nitrogen and oxygen atoms in total. The van der Waals surface area contributed by atoms with Gasteiger partial charge in [0, 0.05) is 11.1 Å². The Balaban J connectivity index is 2.21. The average Bonchev–Trinajstić information content (AvgIpc) is 2.54. The van der Waals surface area contributed by atoms with Crippen LogP contribution >= 0.6 is 0 Å². The molecule has 0 heterocycles. The third kappa shape index (κ3) is 5.59. The van der Waals surface area contributed by atoms with E-state index in [2.05, 4.69) is 10.5 Å². The lowest BCUT2D eigenvalue weighted by Gasteiger charge is -2.27. The molecule has 0 atom stereocenters. The van der Waals surface area contributed by atoms with Crippen LogP contribution in [0.25, 0.3) is 0 Å². The van der Waals surface area contributed by atoms with Crippen LogP contribution in [0.2, 0.25) is 0 Å². The van der Waals surface area contributed by atoms with Gasteiger partial charge in [-0.25, -0.2) is 5.43 Å². The molecule has 0 aliphatic heterocycles. The minimum atomic E-state index is -0.271. The molecule has 0 saturated carbocycles. The summed E-state index contributed by atoms with van der Waals surface area (Å²) in [6, 6.07) is 10.4. The summed E-state index contributed by atoms with van der Waals surface area (Å²) in [5.74, 6) is 0.167. The average molecular weight is 383 g/mol. The highest BCUT2D eigenvalue weighted by Gasteiger charge is 2.26. The van der Waals surface area contributed by atoms with Crippen molar-refractivity contribution in [3.05, 3.63) is 58.7 Å². The molecule has 0 aliphatic rings. The molecule has 2 aromatic carbocycles. The number of phenols is 2. The van der Waals surface area contributed by atoms with Crippen LogP contribution in [0.1, 0.15) is 63.8 Å². The lowest BCUT2D eigenvalue weighted by Crippen LogP contribution is -2.20. The Kier molecular flexibility index (Phi) is 6.17. The molecule has 0 radical (unpaired) electrons. The molecule has 0 aromatic heterocycles. The number of hydrazone groups is 1. The van der Waals surface area contributed by atoms with Gasteiger partial charge < -0.3 is 10.2 Å². The Hall–Kier alpha value is -2.82. The van der Waals surface area contributed by atoms with Gasteiger partial charge in [-0.2, -0.15) is 5.10 Å². The number of aromatic hydroxyl groups is 2. The smallest absolute Gasteiger partial charge is 0.244 e. The van der Waals surface area contributed by atoms with Crippen LogP contribution in [0.15, 0.2) is 41.5 Å². The highest BCUT2D eigenvalue weighted by atomic mass is 16.3. The lowest BCUT2D eigenvalue weighted by molar-refractivity contribution is -0.120. The van der Waals surface area contributed by atoms with Gasteiger partial charge in [-0.05, 0) is 46.2 Å². The Morgan fingerprint density at radius 3 is 2.07 bits per heavy atom. The van der Waals surface area contributed by atoms with Crippen molar-refractivity contribution in [2.45, 2.75) is 58.8 Å². The molecule has 2 rings (SSSR count). The molecule has 0 bridgehead atoms. The van der Waals surface area contributed by atoms with Crippen molar-refractivity contribution < 1.29 is 15.0 Å². The van der Waals surface area contributed by atoms with Gasteiger partial charge in [0.05, 0.1) is 12.6 Å². The van der Waals surface area contributed by atoms with Gasteiger partial charge in [-0.15, -0.1) is 0 Å². The summed E-state index contributed by atoms with van der Waals surface area (Å²) in [7, 11) is 0. The van der Waals surface area contributed by atoms with Crippen molar-refractivity contribution >= 4 is 12.1 Å². The number of nitrogens with zero attached hydrogens (tertiary/aromatic N) is 1. The van der Waals surface area contributed by atoms with Crippen molar-refractivity contribution in [3.63, 3.8) is 0 Å². The quantitative estimate of drug-likeness (QED) is 0.542. The van der Waals surface area contributed by atoms with Gasteiger partial charge in [0.25, 0.3) is 0 Å². The van der Waals surface area contributed by atoms with E-state index < -0.39 is 0 Å². The monoisotopic (exact) mass is 382 g/mol. The first-order valence-corrected chi connectivity index (χ1v) is 9.35. The van der Waals surface area contributed by atoms with Crippen LogP contribution in [-0.4, -0.2) is 22.3 Å². The Bertz CT molecular complexity index is 852. The maximum absolute atomic E-state index is 12.1. The van der Waals surface area contributed by atoms with Crippen molar-refractivity contribution in [1.82, 2.24) is 5.43 Å².